The lowest BCUT2D eigenvalue weighted by Gasteiger charge is -2.25. The Bertz CT molecular complexity index is 488. The van der Waals surface area contributed by atoms with Crippen LogP contribution in [0.15, 0.2) is 12.3 Å². The van der Waals surface area contributed by atoms with Gasteiger partial charge in [-0.3, -0.25) is 4.79 Å². The number of carbonyl (C=O) groups is 1. The number of pyridine rings is 1. The first-order valence-electron chi connectivity index (χ1n) is 7.21. The molecule has 1 aliphatic rings. The Labute approximate surface area is 119 Å². The van der Waals surface area contributed by atoms with Gasteiger partial charge >= 0.3 is 0 Å². The molecule has 0 radical (unpaired) electrons. The summed E-state index contributed by atoms with van der Waals surface area (Å²) in [7, 11) is 1.78. The molecule has 0 aromatic carbocycles. The van der Waals surface area contributed by atoms with E-state index in [9.17, 15) is 9.18 Å². The van der Waals surface area contributed by atoms with Crippen LogP contribution in [0.1, 0.15) is 43.5 Å². The van der Waals surface area contributed by atoms with E-state index in [2.05, 4.69) is 10.3 Å². The van der Waals surface area contributed by atoms with Gasteiger partial charge in [0, 0.05) is 19.6 Å². The lowest BCUT2D eigenvalue weighted by Crippen LogP contribution is -2.37. The smallest absolute Gasteiger partial charge is 0.257 e. The third-order valence-corrected chi connectivity index (χ3v) is 3.86. The second-order valence-corrected chi connectivity index (χ2v) is 5.47. The fourth-order valence-electron chi connectivity index (χ4n) is 2.26. The van der Waals surface area contributed by atoms with Crippen molar-refractivity contribution in [3.05, 3.63) is 23.6 Å². The summed E-state index contributed by atoms with van der Waals surface area (Å²) in [5.74, 6) is 0.392. The van der Waals surface area contributed by atoms with Crippen LogP contribution in [-0.2, 0) is 0 Å². The van der Waals surface area contributed by atoms with Crippen molar-refractivity contribution in [2.75, 3.05) is 18.9 Å². The number of aromatic nitrogens is 1. The predicted molar refractivity (Wildman–Crippen MR) is 77.3 cm³/mol. The summed E-state index contributed by atoms with van der Waals surface area (Å²) in [6.07, 6.45) is 4.39. The molecule has 0 saturated heterocycles. The maximum Gasteiger partial charge on any atom is 0.257 e. The van der Waals surface area contributed by atoms with Gasteiger partial charge in [-0.25, -0.2) is 9.37 Å². The molecule has 4 nitrogen and oxygen atoms in total. The molecular weight excluding hydrogens is 257 g/mol. The fourth-order valence-corrected chi connectivity index (χ4v) is 2.26. The Morgan fingerprint density at radius 2 is 2.30 bits per heavy atom. The molecule has 1 N–H and O–H groups in total. The number of amides is 1. The van der Waals surface area contributed by atoms with Gasteiger partial charge in [0.05, 0.1) is 11.8 Å². The lowest BCUT2D eigenvalue weighted by molar-refractivity contribution is 0.0727. The Morgan fingerprint density at radius 3 is 2.90 bits per heavy atom. The maximum atomic E-state index is 13.4. The van der Waals surface area contributed by atoms with Crippen LogP contribution in [0.25, 0.3) is 0 Å². The molecular formula is C15H22FN3O. The summed E-state index contributed by atoms with van der Waals surface area (Å²) in [6.45, 7) is 4.78. The van der Waals surface area contributed by atoms with Crippen LogP contribution >= 0.6 is 0 Å². The van der Waals surface area contributed by atoms with Gasteiger partial charge in [-0.15, -0.1) is 0 Å². The zero-order valence-electron chi connectivity index (χ0n) is 12.3. The summed E-state index contributed by atoms with van der Waals surface area (Å²) in [6, 6.07) is 1.45. The first-order chi connectivity index (χ1) is 9.54. The van der Waals surface area contributed by atoms with E-state index >= 15 is 0 Å². The molecule has 1 aromatic heterocycles. The summed E-state index contributed by atoms with van der Waals surface area (Å²) in [5, 5.41) is 3.08. The Hall–Kier alpha value is -1.65. The van der Waals surface area contributed by atoms with Crippen molar-refractivity contribution in [3.8, 4) is 0 Å². The van der Waals surface area contributed by atoms with Gasteiger partial charge < -0.3 is 10.2 Å². The van der Waals surface area contributed by atoms with Crippen LogP contribution in [0.4, 0.5) is 10.2 Å². The van der Waals surface area contributed by atoms with Crippen molar-refractivity contribution in [1.29, 1.82) is 0 Å². The van der Waals surface area contributed by atoms with Crippen molar-refractivity contribution >= 4 is 11.7 Å². The number of carbonyl (C=O) groups excluding carboxylic acids is 1. The molecule has 1 aliphatic carbocycles. The number of nitrogens with zero attached hydrogens (tertiary/aromatic N) is 2. The molecule has 1 atom stereocenters. The topological polar surface area (TPSA) is 45.2 Å². The normalized spacial score (nSPS) is 15.8. The lowest BCUT2D eigenvalue weighted by atomic mass is 10.1. The highest BCUT2D eigenvalue weighted by atomic mass is 19.1. The monoisotopic (exact) mass is 279 g/mol. The molecule has 20 heavy (non-hydrogen) atoms. The number of nitrogens with one attached hydrogen (secondary N) is 1. The van der Waals surface area contributed by atoms with E-state index in [4.69, 9.17) is 0 Å². The van der Waals surface area contributed by atoms with E-state index in [1.54, 1.807) is 11.9 Å². The van der Waals surface area contributed by atoms with E-state index in [1.165, 1.54) is 18.9 Å². The fraction of sp³-hybridized carbons (Fsp3) is 0.600. The summed E-state index contributed by atoms with van der Waals surface area (Å²) in [5.41, 5.74) is 0.313. The summed E-state index contributed by atoms with van der Waals surface area (Å²) >= 11 is 0. The van der Waals surface area contributed by atoms with Crippen LogP contribution in [-0.4, -0.2) is 35.4 Å². The first kappa shape index (κ1) is 14.8. The number of anilines is 1. The molecule has 1 heterocycles. The van der Waals surface area contributed by atoms with Gasteiger partial charge in [-0.1, -0.05) is 6.92 Å². The third-order valence-electron chi connectivity index (χ3n) is 3.86. The minimum absolute atomic E-state index is 0.171. The van der Waals surface area contributed by atoms with Crippen molar-refractivity contribution < 1.29 is 9.18 Å². The van der Waals surface area contributed by atoms with E-state index in [0.717, 1.165) is 12.6 Å². The van der Waals surface area contributed by atoms with Crippen LogP contribution in [0.3, 0.4) is 0 Å². The molecule has 1 aromatic rings. The molecule has 0 spiro atoms. The highest BCUT2D eigenvalue weighted by Crippen LogP contribution is 2.35. The number of halogens is 1. The van der Waals surface area contributed by atoms with Crippen LogP contribution in [0.5, 0.6) is 0 Å². The van der Waals surface area contributed by atoms with E-state index in [1.807, 2.05) is 13.8 Å². The van der Waals surface area contributed by atoms with Gasteiger partial charge in [-0.2, -0.15) is 0 Å². The SMILES string of the molecule is CCCNc1ncc(F)cc1C(=O)N(C)C(C)C1CC1. The third kappa shape index (κ3) is 3.26. The highest BCUT2D eigenvalue weighted by molar-refractivity contribution is 5.98. The van der Waals surface area contributed by atoms with Crippen LogP contribution < -0.4 is 5.32 Å². The van der Waals surface area contributed by atoms with Crippen LogP contribution in [0, 0.1) is 11.7 Å². The Morgan fingerprint density at radius 1 is 1.60 bits per heavy atom. The highest BCUT2D eigenvalue weighted by Gasteiger charge is 2.33. The average Bonchev–Trinajstić information content (AvgIpc) is 3.28. The number of hydrogen-bond acceptors (Lipinski definition) is 3. The predicted octanol–water partition coefficient (Wildman–Crippen LogP) is 2.91. The molecule has 0 aliphatic heterocycles. The molecule has 2 rings (SSSR count). The van der Waals surface area contributed by atoms with Gasteiger partial charge in [0.15, 0.2) is 0 Å². The molecule has 1 fully saturated rings. The van der Waals surface area contributed by atoms with Crippen molar-refractivity contribution in [2.45, 2.75) is 39.2 Å². The first-order valence-corrected chi connectivity index (χ1v) is 7.21. The molecule has 5 heteroatoms. The second kappa shape index (κ2) is 6.20. The minimum Gasteiger partial charge on any atom is -0.369 e. The number of hydrogen-bond donors (Lipinski definition) is 1. The van der Waals surface area contributed by atoms with Gasteiger partial charge in [0.1, 0.15) is 11.6 Å². The van der Waals surface area contributed by atoms with Crippen molar-refractivity contribution in [2.24, 2.45) is 5.92 Å². The molecule has 1 amide bonds. The van der Waals surface area contributed by atoms with E-state index in [0.29, 0.717) is 23.8 Å². The molecule has 1 saturated carbocycles. The second-order valence-electron chi connectivity index (χ2n) is 5.47. The van der Waals surface area contributed by atoms with Gasteiger partial charge in [-0.05, 0) is 38.2 Å². The molecule has 110 valence electrons. The van der Waals surface area contributed by atoms with E-state index < -0.39 is 5.82 Å². The largest absolute Gasteiger partial charge is 0.369 e. The van der Waals surface area contributed by atoms with Gasteiger partial charge in [0.2, 0.25) is 0 Å². The van der Waals surface area contributed by atoms with Crippen LogP contribution in [0.2, 0.25) is 0 Å². The van der Waals surface area contributed by atoms with Crippen molar-refractivity contribution in [1.82, 2.24) is 9.88 Å². The number of rotatable bonds is 6. The van der Waals surface area contributed by atoms with E-state index in [-0.39, 0.29) is 11.9 Å². The molecule has 0 bridgehead atoms. The maximum absolute atomic E-state index is 13.4. The summed E-state index contributed by atoms with van der Waals surface area (Å²) < 4.78 is 13.4. The Kier molecular flexibility index (Phi) is 4.57. The quantitative estimate of drug-likeness (QED) is 0.871. The molecule has 1 unspecified atom stereocenters. The van der Waals surface area contributed by atoms with Crippen molar-refractivity contribution in [3.63, 3.8) is 0 Å². The summed E-state index contributed by atoms with van der Waals surface area (Å²) in [4.78, 5) is 18.2. The zero-order chi connectivity index (χ0) is 14.7. The van der Waals surface area contributed by atoms with Gasteiger partial charge in [0.25, 0.3) is 5.91 Å². The minimum atomic E-state index is -0.483. The average molecular weight is 279 g/mol. The standard InChI is InChI=1S/C15H22FN3O/c1-4-7-17-14-13(8-12(16)9-18-14)15(20)19(3)10(2)11-5-6-11/h8-11H,4-7H2,1-3H3,(H,17,18). The zero-order valence-corrected chi connectivity index (χ0v) is 12.3. The Balaban J connectivity index is 2.20.